The van der Waals surface area contributed by atoms with Gasteiger partial charge in [0.15, 0.2) is 5.65 Å². The minimum absolute atomic E-state index is 0.706. The highest BCUT2D eigenvalue weighted by Crippen LogP contribution is 2.26. The molecule has 2 heterocycles. The maximum absolute atomic E-state index is 5.34. The van der Waals surface area contributed by atoms with Gasteiger partial charge in [-0.15, -0.1) is 0 Å². The molecule has 0 radical (unpaired) electrons. The lowest BCUT2D eigenvalue weighted by molar-refractivity contribution is 0.412. The Balaban J connectivity index is 2.13. The van der Waals surface area contributed by atoms with E-state index in [2.05, 4.69) is 30.9 Å². The minimum atomic E-state index is 0.706. The lowest BCUT2D eigenvalue weighted by atomic mass is 10.1. The van der Waals surface area contributed by atoms with Gasteiger partial charge in [0.05, 0.1) is 12.6 Å². The van der Waals surface area contributed by atoms with Crippen molar-refractivity contribution in [3.63, 3.8) is 0 Å². The summed E-state index contributed by atoms with van der Waals surface area (Å²) in [5.41, 5.74) is 3.70. The lowest BCUT2D eigenvalue weighted by Crippen LogP contribution is -1.88. The van der Waals surface area contributed by atoms with Crippen LogP contribution in [0.4, 0.5) is 0 Å². The zero-order chi connectivity index (χ0) is 13.4. The Bertz CT molecular complexity index is 752. The molecule has 2 aromatic heterocycles. The smallest absolute Gasteiger partial charge is 0.178 e. The first-order valence-electron chi connectivity index (χ1n) is 5.83. The molecule has 0 saturated carbocycles. The molecular weight excluding hydrogens is 306 g/mol. The van der Waals surface area contributed by atoms with Gasteiger partial charge in [-0.25, -0.2) is 9.97 Å². The van der Waals surface area contributed by atoms with Crippen LogP contribution in [0.3, 0.4) is 0 Å². The summed E-state index contributed by atoms with van der Waals surface area (Å²) in [6.07, 6.45) is 1.74. The first-order valence-corrected chi connectivity index (χ1v) is 6.63. The molecule has 0 unspecified atom stereocenters. The Morgan fingerprint density at radius 1 is 1.26 bits per heavy atom. The van der Waals surface area contributed by atoms with Crippen molar-refractivity contribution >= 4 is 27.1 Å². The Labute approximate surface area is 119 Å². The molecule has 0 spiro atoms. The zero-order valence-corrected chi connectivity index (χ0v) is 12.2. The van der Waals surface area contributed by atoms with Crippen LogP contribution in [0.25, 0.3) is 22.6 Å². The number of nitrogens with one attached hydrogen (secondary N) is 1. The number of ether oxygens (including phenoxy) is 1. The molecule has 19 heavy (non-hydrogen) atoms. The summed E-state index contributed by atoms with van der Waals surface area (Å²) in [7, 11) is 1.67. The fourth-order valence-electron chi connectivity index (χ4n) is 1.98. The van der Waals surface area contributed by atoms with Crippen LogP contribution in [0, 0.1) is 6.92 Å². The van der Waals surface area contributed by atoms with Gasteiger partial charge in [-0.3, -0.25) is 0 Å². The highest BCUT2D eigenvalue weighted by molar-refractivity contribution is 9.10. The fourth-order valence-corrected chi connectivity index (χ4v) is 2.31. The highest BCUT2D eigenvalue weighted by atomic mass is 79.9. The third-order valence-electron chi connectivity index (χ3n) is 2.99. The van der Waals surface area contributed by atoms with Crippen molar-refractivity contribution in [1.82, 2.24) is 15.0 Å². The lowest BCUT2D eigenvalue weighted by Gasteiger charge is -2.05. The minimum Gasteiger partial charge on any atom is -0.496 e. The first kappa shape index (κ1) is 12.2. The van der Waals surface area contributed by atoms with E-state index in [-0.39, 0.29) is 0 Å². The Morgan fingerprint density at radius 3 is 2.89 bits per heavy atom. The number of hydrogen-bond acceptors (Lipinski definition) is 3. The highest BCUT2D eigenvalue weighted by Gasteiger charge is 2.08. The summed E-state index contributed by atoms with van der Waals surface area (Å²) in [6, 6.07) is 7.97. The molecule has 5 heteroatoms. The number of imidazole rings is 1. The molecule has 96 valence electrons. The Kier molecular flexibility index (Phi) is 2.98. The van der Waals surface area contributed by atoms with Crippen molar-refractivity contribution in [2.45, 2.75) is 6.92 Å². The summed E-state index contributed by atoms with van der Waals surface area (Å²) >= 11 is 3.40. The number of fused-ring (bicyclic) bond motifs is 1. The van der Waals surface area contributed by atoms with Crippen LogP contribution in [0.1, 0.15) is 5.56 Å². The number of benzene rings is 1. The van der Waals surface area contributed by atoms with Gasteiger partial charge in [0, 0.05) is 16.2 Å². The third kappa shape index (κ3) is 2.21. The molecule has 0 fully saturated rings. The van der Waals surface area contributed by atoms with E-state index in [0.29, 0.717) is 5.65 Å². The van der Waals surface area contributed by atoms with Crippen molar-refractivity contribution in [2.24, 2.45) is 0 Å². The average Bonchev–Trinajstić information content (AvgIpc) is 2.82. The summed E-state index contributed by atoms with van der Waals surface area (Å²) < 4.78 is 6.26. The SMILES string of the molecule is COc1cc(-c2nc3ncc(Br)cc3[nH]2)ccc1C. The number of rotatable bonds is 2. The third-order valence-corrected chi connectivity index (χ3v) is 3.42. The molecule has 1 N–H and O–H groups in total. The number of aromatic amines is 1. The quantitative estimate of drug-likeness (QED) is 0.784. The number of aryl methyl sites for hydroxylation is 1. The van der Waals surface area contributed by atoms with E-state index in [9.17, 15) is 0 Å². The van der Waals surface area contributed by atoms with E-state index in [1.165, 1.54) is 0 Å². The van der Waals surface area contributed by atoms with Crippen LogP contribution in [0.2, 0.25) is 0 Å². The van der Waals surface area contributed by atoms with Crippen LogP contribution in [0.5, 0.6) is 5.75 Å². The molecule has 3 aromatic rings. The van der Waals surface area contributed by atoms with E-state index in [1.807, 2.05) is 31.2 Å². The van der Waals surface area contributed by atoms with Gasteiger partial charge in [0.25, 0.3) is 0 Å². The van der Waals surface area contributed by atoms with E-state index < -0.39 is 0 Å². The second-order valence-electron chi connectivity index (χ2n) is 4.29. The first-order chi connectivity index (χ1) is 9.17. The van der Waals surface area contributed by atoms with Crippen molar-refractivity contribution in [3.8, 4) is 17.1 Å². The maximum atomic E-state index is 5.34. The van der Waals surface area contributed by atoms with Crippen molar-refractivity contribution in [3.05, 3.63) is 40.5 Å². The van der Waals surface area contributed by atoms with E-state index in [0.717, 1.165) is 32.7 Å². The topological polar surface area (TPSA) is 50.8 Å². The predicted molar refractivity (Wildman–Crippen MR) is 78.3 cm³/mol. The van der Waals surface area contributed by atoms with Crippen LogP contribution in [-0.2, 0) is 0 Å². The van der Waals surface area contributed by atoms with Gasteiger partial charge in [-0.05, 0) is 40.5 Å². The second kappa shape index (κ2) is 4.66. The molecule has 0 aliphatic rings. The number of aromatic nitrogens is 3. The van der Waals surface area contributed by atoms with Gasteiger partial charge < -0.3 is 9.72 Å². The molecule has 1 aromatic carbocycles. The summed E-state index contributed by atoms with van der Waals surface area (Å²) in [5.74, 6) is 1.64. The molecule has 0 aliphatic carbocycles. The normalized spacial score (nSPS) is 10.9. The summed E-state index contributed by atoms with van der Waals surface area (Å²) in [6.45, 7) is 2.01. The Hall–Kier alpha value is -1.88. The van der Waals surface area contributed by atoms with Crippen molar-refractivity contribution in [1.29, 1.82) is 0 Å². The fraction of sp³-hybridized carbons (Fsp3) is 0.143. The largest absolute Gasteiger partial charge is 0.496 e. The number of methoxy groups -OCH3 is 1. The number of halogens is 1. The molecule has 0 bridgehead atoms. The molecule has 0 saturated heterocycles. The molecular formula is C14H12BrN3O. The number of H-pyrrole nitrogens is 1. The van der Waals surface area contributed by atoms with Crippen LogP contribution in [-0.4, -0.2) is 22.1 Å². The maximum Gasteiger partial charge on any atom is 0.178 e. The number of pyridine rings is 1. The molecule has 0 atom stereocenters. The van der Waals surface area contributed by atoms with E-state index in [4.69, 9.17) is 4.74 Å². The standard InChI is InChI=1S/C14H12BrN3O/c1-8-3-4-9(5-12(8)19-2)13-17-11-6-10(15)7-16-14(11)18-13/h3-7H,1-2H3,(H,16,17,18). The van der Waals surface area contributed by atoms with Gasteiger partial charge in [-0.1, -0.05) is 12.1 Å². The van der Waals surface area contributed by atoms with E-state index in [1.54, 1.807) is 13.3 Å². The monoisotopic (exact) mass is 317 g/mol. The van der Waals surface area contributed by atoms with Crippen molar-refractivity contribution in [2.75, 3.05) is 7.11 Å². The number of hydrogen-bond donors (Lipinski definition) is 1. The molecule has 4 nitrogen and oxygen atoms in total. The van der Waals surface area contributed by atoms with Crippen molar-refractivity contribution < 1.29 is 4.74 Å². The predicted octanol–water partition coefficient (Wildman–Crippen LogP) is 3.70. The average molecular weight is 318 g/mol. The molecule has 3 rings (SSSR count). The van der Waals surface area contributed by atoms with Gasteiger partial charge in [0.2, 0.25) is 0 Å². The van der Waals surface area contributed by atoms with Gasteiger partial charge in [0.1, 0.15) is 11.6 Å². The van der Waals surface area contributed by atoms with Gasteiger partial charge >= 0.3 is 0 Å². The number of nitrogens with zero attached hydrogens (tertiary/aromatic N) is 2. The van der Waals surface area contributed by atoms with E-state index >= 15 is 0 Å². The van der Waals surface area contributed by atoms with Gasteiger partial charge in [-0.2, -0.15) is 0 Å². The Morgan fingerprint density at radius 2 is 2.11 bits per heavy atom. The zero-order valence-electron chi connectivity index (χ0n) is 10.6. The molecule has 0 amide bonds. The van der Waals surface area contributed by atoms with Crippen LogP contribution in [0.15, 0.2) is 34.9 Å². The second-order valence-corrected chi connectivity index (χ2v) is 5.21. The van der Waals surface area contributed by atoms with Crippen LogP contribution < -0.4 is 4.74 Å². The molecule has 0 aliphatic heterocycles. The summed E-state index contributed by atoms with van der Waals surface area (Å²) in [4.78, 5) is 12.0. The van der Waals surface area contributed by atoms with Crippen LogP contribution >= 0.6 is 15.9 Å². The summed E-state index contributed by atoms with van der Waals surface area (Å²) in [5, 5.41) is 0.